The van der Waals surface area contributed by atoms with Gasteiger partial charge in [0.05, 0.1) is 23.1 Å². The van der Waals surface area contributed by atoms with Gasteiger partial charge in [-0.1, -0.05) is 0 Å². The molecule has 2 aliphatic heterocycles. The fraction of sp³-hybridized carbons (Fsp3) is 0.667. The number of hydrogen-bond donors (Lipinski definition) is 1. The second-order valence-electron chi connectivity index (χ2n) is 4.64. The average Bonchev–Trinajstić information content (AvgIpc) is 2.83. The number of tetrazole rings is 1. The van der Waals surface area contributed by atoms with E-state index in [-0.39, 0.29) is 11.3 Å². The lowest BCUT2D eigenvalue weighted by Gasteiger charge is -2.36. The molecular formula is C9H11N5O3S. The Morgan fingerprint density at radius 1 is 1.72 bits per heavy atom. The molecule has 8 nitrogen and oxygen atoms in total. The second-order valence-corrected chi connectivity index (χ2v) is 6.35. The van der Waals surface area contributed by atoms with Gasteiger partial charge >= 0.3 is 5.97 Å². The van der Waals surface area contributed by atoms with Crippen LogP contribution in [0.4, 0.5) is 0 Å². The molecule has 3 rings (SSSR count). The number of carbonyl (C=O) groups is 2. The lowest BCUT2D eigenvalue weighted by Crippen LogP contribution is -2.58. The lowest BCUT2D eigenvalue weighted by molar-refractivity contribution is -0.157. The van der Waals surface area contributed by atoms with Gasteiger partial charge in [0.1, 0.15) is 12.4 Å². The van der Waals surface area contributed by atoms with Crippen molar-refractivity contribution in [2.45, 2.75) is 36.1 Å². The first-order chi connectivity index (χ1) is 8.51. The van der Waals surface area contributed by atoms with Gasteiger partial charge in [0.15, 0.2) is 0 Å². The number of thioether (sulfide) groups is 1. The van der Waals surface area contributed by atoms with Crippen molar-refractivity contribution in [3.8, 4) is 0 Å². The van der Waals surface area contributed by atoms with Gasteiger partial charge in [-0.05, 0) is 17.4 Å². The number of aromatic nitrogens is 4. The molecule has 9 heteroatoms. The summed E-state index contributed by atoms with van der Waals surface area (Å²) < 4.78 is 0.886. The molecule has 1 aromatic heterocycles. The van der Waals surface area contributed by atoms with E-state index in [2.05, 4.69) is 15.5 Å². The molecule has 18 heavy (non-hydrogen) atoms. The fourth-order valence-electron chi connectivity index (χ4n) is 2.56. The molecule has 0 bridgehead atoms. The largest absolute Gasteiger partial charge is 0.480 e. The van der Waals surface area contributed by atoms with E-state index >= 15 is 0 Å². The summed E-state index contributed by atoms with van der Waals surface area (Å²) in [5, 5.41) is 20.1. The highest BCUT2D eigenvalue weighted by Crippen LogP contribution is 2.51. The van der Waals surface area contributed by atoms with Crippen molar-refractivity contribution in [2.75, 3.05) is 0 Å². The quantitative estimate of drug-likeness (QED) is 0.716. The van der Waals surface area contributed by atoms with Gasteiger partial charge in [0.25, 0.3) is 0 Å². The minimum atomic E-state index is -0.978. The van der Waals surface area contributed by atoms with Crippen LogP contribution in [-0.2, 0) is 16.1 Å². The minimum Gasteiger partial charge on any atom is -0.480 e. The maximum absolute atomic E-state index is 11.5. The number of carbonyl (C=O) groups excluding carboxylic acids is 1. The maximum Gasteiger partial charge on any atom is 0.327 e. The smallest absolute Gasteiger partial charge is 0.327 e. The van der Waals surface area contributed by atoms with E-state index < -0.39 is 16.8 Å². The number of aliphatic carboxylic acids is 1. The summed E-state index contributed by atoms with van der Waals surface area (Å²) in [4.78, 5) is 24.4. The van der Waals surface area contributed by atoms with Crippen molar-refractivity contribution in [1.29, 1.82) is 0 Å². The zero-order valence-electron chi connectivity index (χ0n) is 9.55. The van der Waals surface area contributed by atoms with E-state index in [0.717, 1.165) is 0 Å². The molecule has 0 saturated carbocycles. The van der Waals surface area contributed by atoms with Crippen molar-refractivity contribution in [2.24, 2.45) is 0 Å². The van der Waals surface area contributed by atoms with Crippen LogP contribution >= 0.6 is 11.8 Å². The first-order valence-electron chi connectivity index (χ1n) is 5.44. The topological polar surface area (TPSA) is 101 Å². The predicted octanol–water partition coefficient (Wildman–Crippen LogP) is -0.810. The van der Waals surface area contributed by atoms with E-state index in [1.807, 2.05) is 6.92 Å². The van der Waals surface area contributed by atoms with Gasteiger partial charge < -0.3 is 10.0 Å². The van der Waals surface area contributed by atoms with Crippen molar-refractivity contribution in [3.63, 3.8) is 0 Å². The number of fused-ring (bicyclic) bond motifs is 1. The summed E-state index contributed by atoms with van der Waals surface area (Å²) in [5.41, 5.74) is 0. The van der Waals surface area contributed by atoms with E-state index in [0.29, 0.717) is 13.0 Å². The number of rotatable bonds is 3. The summed E-state index contributed by atoms with van der Waals surface area (Å²) in [7, 11) is 0. The van der Waals surface area contributed by atoms with Gasteiger partial charge in [0, 0.05) is 0 Å². The van der Waals surface area contributed by atoms with Crippen LogP contribution in [0.25, 0.3) is 0 Å². The molecule has 3 unspecified atom stereocenters. The lowest BCUT2D eigenvalue weighted by atomic mass is 9.96. The normalized spacial score (nSPS) is 34.3. The van der Waals surface area contributed by atoms with E-state index in [9.17, 15) is 14.7 Å². The highest BCUT2D eigenvalue weighted by Gasteiger charge is 2.60. The Morgan fingerprint density at radius 2 is 2.50 bits per heavy atom. The Hall–Kier alpha value is -1.64. The molecule has 3 heterocycles. The van der Waals surface area contributed by atoms with Crippen molar-refractivity contribution in [3.05, 3.63) is 6.33 Å². The molecule has 2 aliphatic rings. The Labute approximate surface area is 106 Å². The Kier molecular flexibility index (Phi) is 2.34. The highest BCUT2D eigenvalue weighted by molar-refractivity contribution is 8.01. The Morgan fingerprint density at radius 3 is 3.06 bits per heavy atom. The summed E-state index contributed by atoms with van der Waals surface area (Å²) in [6.07, 6.45) is 1.86. The molecule has 2 saturated heterocycles. The zero-order valence-corrected chi connectivity index (χ0v) is 10.4. The summed E-state index contributed by atoms with van der Waals surface area (Å²) in [5.74, 6) is -1.08. The molecule has 3 atom stereocenters. The molecule has 0 aliphatic carbocycles. The number of nitrogens with zero attached hydrogens (tertiary/aromatic N) is 5. The van der Waals surface area contributed by atoms with Crippen LogP contribution in [0.1, 0.15) is 13.3 Å². The maximum atomic E-state index is 11.5. The van der Waals surface area contributed by atoms with Crippen LogP contribution in [0.15, 0.2) is 6.33 Å². The molecule has 1 amide bonds. The van der Waals surface area contributed by atoms with E-state index in [1.165, 1.54) is 27.7 Å². The molecule has 96 valence electrons. The summed E-state index contributed by atoms with van der Waals surface area (Å²) >= 11 is 1.51. The zero-order chi connectivity index (χ0) is 12.9. The van der Waals surface area contributed by atoms with Crippen LogP contribution < -0.4 is 0 Å². The van der Waals surface area contributed by atoms with Crippen LogP contribution in [0.3, 0.4) is 0 Å². The minimum absolute atomic E-state index is 0.0277. The molecule has 0 spiro atoms. The second kappa shape index (κ2) is 3.67. The number of carboxylic acids is 1. The standard InChI is InChI=1S/C9H11N5O3S/c1-9(3-13-4-10-11-12-13)7(8(16)17)14-5(15)2-6(14)18-9/h4,6-7H,2-3H2,1H3,(H,16,17). The van der Waals surface area contributed by atoms with Gasteiger partial charge in [-0.25, -0.2) is 9.48 Å². The van der Waals surface area contributed by atoms with Crippen molar-refractivity contribution >= 4 is 23.6 Å². The Bertz CT molecular complexity index is 506. The third-order valence-electron chi connectivity index (χ3n) is 3.31. The third-order valence-corrected chi connectivity index (χ3v) is 4.87. The first-order valence-corrected chi connectivity index (χ1v) is 6.32. The van der Waals surface area contributed by atoms with Gasteiger partial charge in [-0.2, -0.15) is 0 Å². The highest BCUT2D eigenvalue weighted by atomic mass is 32.2. The monoisotopic (exact) mass is 269 g/mol. The molecule has 0 aromatic carbocycles. The molecule has 0 radical (unpaired) electrons. The fourth-order valence-corrected chi connectivity index (χ4v) is 4.31. The van der Waals surface area contributed by atoms with E-state index in [1.54, 1.807) is 0 Å². The number of carboxylic acid groups (broad SMARTS) is 1. The van der Waals surface area contributed by atoms with Gasteiger partial charge in [-0.3, -0.25) is 4.79 Å². The average molecular weight is 269 g/mol. The molecule has 1 aromatic rings. The molecule has 1 N–H and O–H groups in total. The van der Waals surface area contributed by atoms with Gasteiger partial charge in [0.2, 0.25) is 5.91 Å². The molecule has 2 fully saturated rings. The first kappa shape index (κ1) is 11.5. The van der Waals surface area contributed by atoms with Crippen molar-refractivity contribution < 1.29 is 14.7 Å². The van der Waals surface area contributed by atoms with Crippen LogP contribution in [-0.4, -0.2) is 58.3 Å². The van der Waals surface area contributed by atoms with Crippen LogP contribution in [0.5, 0.6) is 0 Å². The van der Waals surface area contributed by atoms with Crippen LogP contribution in [0.2, 0.25) is 0 Å². The Balaban J connectivity index is 1.90. The number of amides is 1. The van der Waals surface area contributed by atoms with E-state index in [4.69, 9.17) is 0 Å². The SMILES string of the molecule is CC1(Cn2cnnn2)SC2CC(=O)N2C1C(=O)O. The number of hydrogen-bond acceptors (Lipinski definition) is 6. The van der Waals surface area contributed by atoms with Gasteiger partial charge in [-0.15, -0.1) is 16.9 Å². The molecular weight excluding hydrogens is 258 g/mol. The van der Waals surface area contributed by atoms with Crippen molar-refractivity contribution in [1.82, 2.24) is 25.1 Å². The number of β-lactam (4-membered cyclic amide) rings is 1. The summed E-state index contributed by atoms with van der Waals surface area (Å²) in [6, 6.07) is -0.821. The van der Waals surface area contributed by atoms with Crippen LogP contribution in [0, 0.1) is 0 Å². The predicted molar refractivity (Wildman–Crippen MR) is 60.5 cm³/mol. The third kappa shape index (κ3) is 1.50. The summed E-state index contributed by atoms with van der Waals surface area (Å²) in [6.45, 7) is 2.20.